The first kappa shape index (κ1) is 10.5. The summed E-state index contributed by atoms with van der Waals surface area (Å²) in [6, 6.07) is 7.59. The first-order chi connectivity index (χ1) is 6.18. The van der Waals surface area contributed by atoms with E-state index in [2.05, 4.69) is 11.4 Å². The van der Waals surface area contributed by atoms with Gasteiger partial charge in [0.15, 0.2) is 0 Å². The van der Waals surface area contributed by atoms with E-state index in [9.17, 15) is 0 Å². The third-order valence-corrected chi connectivity index (χ3v) is 3.92. The fraction of sp³-hybridized carbons (Fsp3) is 0.400. The number of nitrogens with two attached hydrogens (primary N) is 1. The fourth-order valence-corrected chi connectivity index (χ4v) is 1.91. The van der Waals surface area contributed by atoms with Gasteiger partial charge < -0.3 is 0 Å². The van der Waals surface area contributed by atoms with E-state index < -0.39 is 14.7 Å². The zero-order valence-electron chi connectivity index (χ0n) is 8.16. The van der Waals surface area contributed by atoms with Crippen molar-refractivity contribution in [2.45, 2.75) is 16.6 Å². The van der Waals surface area contributed by atoms with Crippen molar-refractivity contribution in [3.63, 3.8) is 0 Å². The minimum atomic E-state index is -0.538. The molecule has 0 aliphatic carbocycles. The van der Waals surface area contributed by atoms with Crippen molar-refractivity contribution >= 4 is 20.3 Å². The van der Waals surface area contributed by atoms with Gasteiger partial charge in [-0.1, -0.05) is 0 Å². The Labute approximate surface area is 84.3 Å². The third-order valence-electron chi connectivity index (χ3n) is 1.67. The Morgan fingerprint density at radius 2 is 2.15 bits per heavy atom. The number of ether oxygens (including phenoxy) is 1. The van der Waals surface area contributed by atoms with E-state index in [1.165, 1.54) is 5.21 Å². The van der Waals surface area contributed by atoms with Crippen LogP contribution in [0.3, 0.4) is 0 Å². The molecule has 0 spiro atoms. The first-order valence-corrected chi connectivity index (χ1v) is 9.39. The molecule has 0 heterocycles. The molecule has 0 saturated carbocycles. The Morgan fingerprint density at radius 1 is 1.38 bits per heavy atom. The second-order valence-electron chi connectivity index (χ2n) is 3.22. The van der Waals surface area contributed by atoms with Gasteiger partial charge in [0, 0.05) is 0 Å². The Balaban J connectivity index is 2.37. The van der Waals surface area contributed by atoms with Crippen LogP contribution in [0.5, 0.6) is 5.75 Å². The molecule has 0 radical (unpaired) electrons. The number of anilines is 1. The average Bonchev–Trinajstić information content (AvgIpc) is 2.03. The van der Waals surface area contributed by atoms with Gasteiger partial charge in [-0.15, -0.1) is 0 Å². The van der Waals surface area contributed by atoms with Crippen LogP contribution in [0.1, 0.15) is 0 Å². The zero-order chi connectivity index (χ0) is 9.68. The molecular weight excluding hydrogens is 225 g/mol. The van der Waals surface area contributed by atoms with Crippen LogP contribution in [0, 0.1) is 0 Å². The van der Waals surface area contributed by atoms with Crippen molar-refractivity contribution < 1.29 is 4.74 Å². The first-order valence-electron chi connectivity index (χ1n) is 4.31. The summed E-state index contributed by atoms with van der Waals surface area (Å²) in [4.78, 5) is 0. The van der Waals surface area contributed by atoms with Gasteiger partial charge in [-0.05, 0) is 0 Å². The summed E-state index contributed by atoms with van der Waals surface area (Å²) in [5, 5.41) is 1.22. The molecule has 1 aromatic carbocycles. The van der Waals surface area contributed by atoms with E-state index in [-0.39, 0.29) is 0 Å². The average molecular weight is 241 g/mol. The Kier molecular flexibility index (Phi) is 4.17. The topological polar surface area (TPSA) is 35.2 Å². The predicted octanol–water partition coefficient (Wildman–Crippen LogP) is 2.40. The molecule has 3 heteroatoms. The molecular formula is C10H16AsNO. The number of nitrogen functional groups attached to an aromatic ring is 1. The van der Waals surface area contributed by atoms with Crippen molar-refractivity contribution in [3.05, 3.63) is 24.3 Å². The summed E-state index contributed by atoms with van der Waals surface area (Å²) in [5.41, 5.74) is 11.0. The van der Waals surface area contributed by atoms with Crippen LogP contribution >= 0.6 is 0 Å². The van der Waals surface area contributed by atoms with Crippen LogP contribution in [0.4, 0.5) is 5.69 Å². The fourth-order valence-electron chi connectivity index (χ4n) is 0.950. The molecule has 1 rings (SSSR count). The van der Waals surface area contributed by atoms with Crippen LogP contribution in [0.2, 0.25) is 16.6 Å². The summed E-state index contributed by atoms with van der Waals surface area (Å²) in [7, 11) is 0. The van der Waals surface area contributed by atoms with Crippen LogP contribution in [0.25, 0.3) is 0 Å². The van der Waals surface area contributed by atoms with Crippen LogP contribution in [-0.4, -0.2) is 21.3 Å². The number of benzene rings is 1. The summed E-state index contributed by atoms with van der Waals surface area (Å²) in [6.07, 6.45) is 0. The van der Waals surface area contributed by atoms with E-state index in [1.54, 1.807) is 0 Å². The molecule has 0 aliphatic rings. The van der Waals surface area contributed by atoms with Crippen molar-refractivity contribution in [1.82, 2.24) is 0 Å². The van der Waals surface area contributed by atoms with E-state index >= 15 is 0 Å². The van der Waals surface area contributed by atoms with E-state index in [0.29, 0.717) is 0 Å². The molecule has 0 atom stereocenters. The van der Waals surface area contributed by atoms with Gasteiger partial charge in [-0.3, -0.25) is 0 Å². The molecule has 0 fully saturated rings. The Bertz CT molecular complexity index is 263. The molecule has 0 bridgehead atoms. The summed E-state index contributed by atoms with van der Waals surface area (Å²) in [5.74, 6) is 0.885. The summed E-state index contributed by atoms with van der Waals surface area (Å²) >= 11 is -0.538. The quantitative estimate of drug-likeness (QED) is 0.649. The summed E-state index contributed by atoms with van der Waals surface area (Å²) in [6.45, 7) is 0.830. The molecule has 2 N–H and O–H groups in total. The van der Waals surface area contributed by atoms with Gasteiger partial charge in [0.2, 0.25) is 0 Å². The molecule has 2 nitrogen and oxygen atoms in total. The van der Waals surface area contributed by atoms with Crippen LogP contribution in [-0.2, 0) is 0 Å². The van der Waals surface area contributed by atoms with Crippen molar-refractivity contribution in [2.24, 2.45) is 0 Å². The molecule has 0 aliphatic heterocycles. The molecule has 0 unspecified atom stereocenters. The number of hydrogen-bond acceptors (Lipinski definition) is 2. The van der Waals surface area contributed by atoms with Crippen LogP contribution < -0.4 is 10.5 Å². The van der Waals surface area contributed by atoms with Crippen molar-refractivity contribution in [1.29, 1.82) is 0 Å². The minimum absolute atomic E-state index is 0.538. The zero-order valence-corrected chi connectivity index (χ0v) is 10.0. The van der Waals surface area contributed by atoms with Gasteiger partial charge in [0.25, 0.3) is 0 Å². The van der Waals surface area contributed by atoms with Crippen molar-refractivity contribution in [3.8, 4) is 5.75 Å². The molecule has 0 saturated heterocycles. The second kappa shape index (κ2) is 5.18. The SMILES string of the molecule is C[As](C)CCOc1cccc(N)c1. The van der Waals surface area contributed by atoms with Crippen molar-refractivity contribution in [2.75, 3.05) is 12.3 Å². The maximum atomic E-state index is 5.62. The Morgan fingerprint density at radius 3 is 2.77 bits per heavy atom. The normalized spacial score (nSPS) is 10.4. The van der Waals surface area contributed by atoms with Gasteiger partial charge >= 0.3 is 84.1 Å². The standard InChI is InChI=1S/C10H16AsNO/c1-11(2)6-7-13-10-5-3-4-9(12)8-10/h3-5,8H,6-7,12H2,1-2H3. The molecule has 0 aromatic heterocycles. The van der Waals surface area contributed by atoms with Gasteiger partial charge in [0.05, 0.1) is 0 Å². The number of rotatable bonds is 4. The molecule has 72 valence electrons. The van der Waals surface area contributed by atoms with Gasteiger partial charge in [0.1, 0.15) is 0 Å². The monoisotopic (exact) mass is 241 g/mol. The number of hydrogen-bond donors (Lipinski definition) is 1. The molecule has 1 aromatic rings. The van der Waals surface area contributed by atoms with Gasteiger partial charge in [-0.2, -0.15) is 0 Å². The van der Waals surface area contributed by atoms with Crippen LogP contribution in [0.15, 0.2) is 24.3 Å². The van der Waals surface area contributed by atoms with E-state index in [0.717, 1.165) is 18.0 Å². The third kappa shape index (κ3) is 4.23. The maximum absolute atomic E-state index is 5.62. The predicted molar refractivity (Wildman–Crippen MR) is 58.6 cm³/mol. The second-order valence-corrected chi connectivity index (χ2v) is 8.69. The Hall–Kier alpha value is -0.622. The molecule has 0 amide bonds. The van der Waals surface area contributed by atoms with Gasteiger partial charge in [-0.25, -0.2) is 0 Å². The van der Waals surface area contributed by atoms with E-state index in [4.69, 9.17) is 10.5 Å². The summed E-state index contributed by atoms with van der Waals surface area (Å²) < 4.78 is 5.55. The van der Waals surface area contributed by atoms with E-state index in [1.807, 2.05) is 24.3 Å². The molecule has 13 heavy (non-hydrogen) atoms.